The largest absolute Gasteiger partial charge is 0.305 e. The molecule has 0 N–H and O–H groups in total. The van der Waals surface area contributed by atoms with E-state index < -0.39 is 0 Å². The Labute approximate surface area is 536 Å². The van der Waals surface area contributed by atoms with Gasteiger partial charge >= 0.3 is 0 Å². The first-order chi connectivity index (χ1) is 46.7. The topological polar surface area (TPSA) is 136 Å². The molecule has 10 heterocycles. The molecule has 0 radical (unpaired) electrons. The van der Waals surface area contributed by atoms with Crippen LogP contribution in [-0.2, 0) is 0 Å². The van der Waals surface area contributed by atoms with Crippen molar-refractivity contribution in [3.8, 4) is 90.8 Å². The number of para-hydroxylation sites is 4. The summed E-state index contributed by atoms with van der Waals surface area (Å²) in [7, 11) is 0. The quantitative estimate of drug-likeness (QED) is 0.131. The van der Waals surface area contributed by atoms with Gasteiger partial charge in [0.05, 0.1) is 114 Å². The molecule has 19 aromatic rings. The summed E-state index contributed by atoms with van der Waals surface area (Å²) in [5.41, 5.74) is 16.1. The Kier molecular flexibility index (Phi) is 11.9. The third kappa shape index (κ3) is 8.11. The number of nitrogens with zero attached hydrogens (tertiary/aromatic N) is 13. The predicted molar refractivity (Wildman–Crippen MR) is 377 cm³/mol. The molecule has 0 fully saturated rings. The molecule has 0 atom stereocenters. The number of aromatic nitrogens is 13. The van der Waals surface area contributed by atoms with E-state index in [4.69, 9.17) is 44.9 Å². The van der Waals surface area contributed by atoms with E-state index in [2.05, 4.69) is 218 Å². The number of pyridine rings is 4. The van der Waals surface area contributed by atoms with Crippen LogP contribution in [0.15, 0.2) is 298 Å². The molecule has 19 rings (SSSR count). The summed E-state index contributed by atoms with van der Waals surface area (Å²) in [4.78, 5) is 49.3. The second-order valence-corrected chi connectivity index (χ2v) is 23.4. The van der Waals surface area contributed by atoms with Crippen molar-refractivity contribution in [3.05, 3.63) is 298 Å². The third-order valence-electron chi connectivity index (χ3n) is 18.2. The van der Waals surface area contributed by atoms with Gasteiger partial charge in [0.25, 0.3) is 0 Å². The van der Waals surface area contributed by atoms with Gasteiger partial charge in [-0.3, -0.25) is 19.9 Å². The fourth-order valence-electron chi connectivity index (χ4n) is 14.2. The maximum absolute atomic E-state index is 5.99. The first-order valence-corrected chi connectivity index (χ1v) is 31.2. The van der Waals surface area contributed by atoms with Crippen LogP contribution in [0.5, 0.6) is 0 Å². The zero-order chi connectivity index (χ0) is 61.8. The van der Waals surface area contributed by atoms with Gasteiger partial charge in [-0.1, -0.05) is 194 Å². The highest BCUT2D eigenvalue weighted by molar-refractivity contribution is 6.18. The van der Waals surface area contributed by atoms with Gasteiger partial charge in [-0.2, -0.15) is 0 Å². The van der Waals surface area contributed by atoms with E-state index >= 15 is 0 Å². The van der Waals surface area contributed by atoms with Crippen LogP contribution in [0, 0.1) is 0 Å². The minimum Gasteiger partial charge on any atom is -0.305 e. The summed E-state index contributed by atoms with van der Waals surface area (Å²) in [5.74, 6) is 1.70. The molecule has 0 amide bonds. The van der Waals surface area contributed by atoms with E-state index in [9.17, 15) is 0 Å². The third-order valence-corrected chi connectivity index (χ3v) is 18.2. The highest BCUT2D eigenvalue weighted by atomic mass is 15.2. The van der Waals surface area contributed by atoms with Crippen LogP contribution in [0.25, 0.3) is 178 Å². The molecule has 13 heteroatoms. The standard InChI is InChI=1S/C81H49N13/c1-5-21-50(22-6-1)62-45-63(51-23-7-2-8-24-51)87-80(86-62)72-73(81-89-78(52-25-9-3-10-26-52)88-79(90-81)53-27-11-4-12-28-53)75(92-65-34-18-14-30-55(65)59-38-42-83-47-69(59)92)77(94-67-36-20-16-32-57(67)61-40-44-85-49-71(61)94)76(93-66-35-19-15-31-56(66)60-39-43-84-48-70(60)93)74(72)91-64-33-17-13-29-54(64)58-37-41-82-46-68(58)91/h1-49H. The normalized spacial score (nSPS) is 11.8. The number of fused-ring (bicyclic) bond motifs is 12. The maximum Gasteiger partial charge on any atom is 0.167 e. The average molecular weight is 1200 g/mol. The van der Waals surface area contributed by atoms with Crippen LogP contribution in [0.2, 0.25) is 0 Å². The van der Waals surface area contributed by atoms with Crippen LogP contribution in [0.4, 0.5) is 0 Å². The zero-order valence-corrected chi connectivity index (χ0v) is 50.1. The second-order valence-electron chi connectivity index (χ2n) is 23.4. The van der Waals surface area contributed by atoms with Gasteiger partial charge in [0.15, 0.2) is 23.3 Å². The van der Waals surface area contributed by atoms with Crippen LogP contribution >= 0.6 is 0 Å². The number of hydrogen-bond acceptors (Lipinski definition) is 9. The summed E-state index contributed by atoms with van der Waals surface area (Å²) < 4.78 is 9.58. The SMILES string of the molecule is c1ccc(-c2cc(-c3ccccc3)nc(-c3c(-c4nc(-c5ccccc5)nc(-c5ccccc5)n4)c(-n4c5ccccc5c5ccncc54)c(-n4c5ccccc5c5ccncc54)c(-n4c5ccccc5c5ccncc54)c3-n3c4ccccc4c4ccncc43)n2)cc1. The number of benzene rings is 9. The van der Waals surface area contributed by atoms with Crippen LogP contribution in [-0.4, -0.2) is 63.1 Å². The van der Waals surface area contributed by atoms with Gasteiger partial charge in [0, 0.05) is 90.1 Å². The first kappa shape index (κ1) is 52.8. The second kappa shape index (κ2) is 21.3. The van der Waals surface area contributed by atoms with E-state index in [1.807, 2.05) is 98.1 Å². The van der Waals surface area contributed by atoms with Crippen LogP contribution in [0.3, 0.4) is 0 Å². The highest BCUT2D eigenvalue weighted by Crippen LogP contribution is 2.54. The Hall–Kier alpha value is -13.1. The van der Waals surface area contributed by atoms with Crippen LogP contribution in [0.1, 0.15) is 0 Å². The van der Waals surface area contributed by atoms with Crippen LogP contribution < -0.4 is 0 Å². The molecule has 10 aromatic heterocycles. The molecule has 0 bridgehead atoms. The molecule has 438 valence electrons. The van der Waals surface area contributed by atoms with E-state index in [0.29, 0.717) is 57.2 Å². The average Bonchev–Trinajstić information content (AvgIpc) is 1.42. The van der Waals surface area contributed by atoms with Crippen molar-refractivity contribution in [2.24, 2.45) is 0 Å². The van der Waals surface area contributed by atoms with Gasteiger partial charge in [-0.15, -0.1) is 0 Å². The minimum absolute atomic E-state index is 0.359. The van der Waals surface area contributed by atoms with Crippen molar-refractivity contribution < 1.29 is 0 Å². The molecule has 0 aliphatic carbocycles. The Balaban J connectivity index is 1.19. The fraction of sp³-hybridized carbons (Fsp3) is 0. The van der Waals surface area contributed by atoms with Gasteiger partial charge in [0.1, 0.15) is 0 Å². The molecule has 9 aromatic carbocycles. The first-order valence-electron chi connectivity index (χ1n) is 31.2. The fourth-order valence-corrected chi connectivity index (χ4v) is 14.2. The van der Waals surface area contributed by atoms with E-state index in [0.717, 1.165) is 121 Å². The molecule has 0 aliphatic rings. The smallest absolute Gasteiger partial charge is 0.167 e. The lowest BCUT2D eigenvalue weighted by Gasteiger charge is -2.30. The van der Waals surface area contributed by atoms with Crippen molar-refractivity contribution in [2.45, 2.75) is 0 Å². The van der Waals surface area contributed by atoms with Gasteiger partial charge in [0.2, 0.25) is 0 Å². The lowest BCUT2D eigenvalue weighted by atomic mass is 9.94. The lowest BCUT2D eigenvalue weighted by Crippen LogP contribution is -2.18. The maximum atomic E-state index is 5.99. The molecule has 13 nitrogen and oxygen atoms in total. The Bertz CT molecular complexity index is 5520. The summed E-state index contributed by atoms with van der Waals surface area (Å²) in [6.45, 7) is 0. The highest BCUT2D eigenvalue weighted by Gasteiger charge is 2.38. The number of rotatable bonds is 10. The summed E-state index contributed by atoms with van der Waals surface area (Å²) in [6.07, 6.45) is 15.5. The lowest BCUT2D eigenvalue weighted by molar-refractivity contribution is 1.00. The van der Waals surface area contributed by atoms with Crippen molar-refractivity contribution in [3.63, 3.8) is 0 Å². The van der Waals surface area contributed by atoms with Crippen molar-refractivity contribution in [1.82, 2.24) is 63.1 Å². The zero-order valence-electron chi connectivity index (χ0n) is 50.1. The molecule has 0 aliphatic heterocycles. The molecule has 0 saturated carbocycles. The van der Waals surface area contributed by atoms with E-state index in [1.54, 1.807) is 0 Å². The minimum atomic E-state index is 0.359. The summed E-state index contributed by atoms with van der Waals surface area (Å²) in [5, 5.41) is 8.10. The molecule has 0 spiro atoms. The Morgan fingerprint density at radius 2 is 0.457 bits per heavy atom. The van der Waals surface area contributed by atoms with E-state index in [-0.39, 0.29) is 0 Å². The molecule has 0 unspecified atom stereocenters. The summed E-state index contributed by atoms with van der Waals surface area (Å²) >= 11 is 0. The Morgan fingerprint density at radius 1 is 0.202 bits per heavy atom. The van der Waals surface area contributed by atoms with Crippen molar-refractivity contribution >= 4 is 87.2 Å². The molecular weight excluding hydrogens is 1150 g/mol. The number of hydrogen-bond donors (Lipinski definition) is 0. The summed E-state index contributed by atoms with van der Waals surface area (Å²) in [6, 6.07) is 86.1. The van der Waals surface area contributed by atoms with E-state index in [1.165, 1.54) is 0 Å². The molecular formula is C81H49N13. The molecule has 0 saturated heterocycles. The van der Waals surface area contributed by atoms with Gasteiger partial charge in [-0.25, -0.2) is 24.9 Å². The predicted octanol–water partition coefficient (Wildman–Crippen LogP) is 18.6. The molecule has 94 heavy (non-hydrogen) atoms. The Morgan fingerprint density at radius 3 is 0.787 bits per heavy atom. The van der Waals surface area contributed by atoms with Gasteiger partial charge < -0.3 is 18.3 Å². The van der Waals surface area contributed by atoms with Crippen molar-refractivity contribution in [2.75, 3.05) is 0 Å². The van der Waals surface area contributed by atoms with Crippen molar-refractivity contribution in [1.29, 1.82) is 0 Å². The van der Waals surface area contributed by atoms with Gasteiger partial charge in [-0.05, 0) is 54.6 Å². The monoisotopic (exact) mass is 1200 g/mol.